The number of hydrogen-bond acceptors (Lipinski definition) is 3. The van der Waals surface area contributed by atoms with Crippen molar-refractivity contribution in [3.05, 3.63) is 39.3 Å². The van der Waals surface area contributed by atoms with Crippen LogP contribution < -0.4 is 10.6 Å². The Morgan fingerprint density at radius 3 is 2.72 bits per heavy atom. The Kier molecular flexibility index (Phi) is 9.48. The summed E-state index contributed by atoms with van der Waals surface area (Å²) in [7, 11) is 2.00. The van der Waals surface area contributed by atoms with Gasteiger partial charge in [0.1, 0.15) is 0 Å². The first-order chi connectivity index (χ1) is 11.5. The van der Waals surface area contributed by atoms with Crippen molar-refractivity contribution in [3.63, 3.8) is 0 Å². The van der Waals surface area contributed by atoms with Crippen LogP contribution in [0, 0.1) is 13.8 Å². The van der Waals surface area contributed by atoms with Gasteiger partial charge in [-0.2, -0.15) is 5.10 Å². The zero-order valence-electron chi connectivity index (χ0n) is 15.8. The molecule has 0 aliphatic heterocycles. The van der Waals surface area contributed by atoms with Gasteiger partial charge in [-0.1, -0.05) is 6.07 Å². The molecular formula is C18H30IN5S. The molecule has 2 N–H and O–H groups in total. The fourth-order valence-electron chi connectivity index (χ4n) is 2.76. The average Bonchev–Trinajstić information content (AvgIpc) is 3.12. The molecule has 0 aliphatic carbocycles. The molecule has 0 amide bonds. The Morgan fingerprint density at radius 1 is 1.40 bits per heavy atom. The summed E-state index contributed by atoms with van der Waals surface area (Å²) in [5, 5.41) is 13.5. The van der Waals surface area contributed by atoms with E-state index >= 15 is 0 Å². The fraction of sp³-hybridized carbons (Fsp3) is 0.556. The van der Waals surface area contributed by atoms with Gasteiger partial charge in [-0.05, 0) is 51.1 Å². The van der Waals surface area contributed by atoms with Crippen molar-refractivity contribution >= 4 is 41.3 Å². The van der Waals surface area contributed by atoms with E-state index in [9.17, 15) is 0 Å². The number of guanidine groups is 1. The van der Waals surface area contributed by atoms with Crippen molar-refractivity contribution in [3.8, 4) is 0 Å². The summed E-state index contributed by atoms with van der Waals surface area (Å²) < 4.78 is 1.96. The van der Waals surface area contributed by atoms with Gasteiger partial charge in [0.15, 0.2) is 5.96 Å². The van der Waals surface area contributed by atoms with Crippen LogP contribution in [0.2, 0.25) is 0 Å². The van der Waals surface area contributed by atoms with Crippen LogP contribution in [0.4, 0.5) is 0 Å². The van der Waals surface area contributed by atoms with Gasteiger partial charge in [0.2, 0.25) is 0 Å². The van der Waals surface area contributed by atoms with Crippen molar-refractivity contribution in [2.24, 2.45) is 12.0 Å². The summed E-state index contributed by atoms with van der Waals surface area (Å²) in [5.74, 6) is 0.890. The van der Waals surface area contributed by atoms with Gasteiger partial charge >= 0.3 is 0 Å². The Bertz CT molecular complexity index is 663. The van der Waals surface area contributed by atoms with Gasteiger partial charge in [0, 0.05) is 43.2 Å². The van der Waals surface area contributed by atoms with Crippen LogP contribution in [0.1, 0.15) is 35.7 Å². The Morgan fingerprint density at radius 2 is 2.16 bits per heavy atom. The van der Waals surface area contributed by atoms with Gasteiger partial charge in [-0.3, -0.25) is 9.67 Å². The lowest BCUT2D eigenvalue weighted by molar-refractivity contribution is 0.636. The molecule has 2 rings (SSSR count). The molecule has 0 radical (unpaired) electrons. The summed E-state index contributed by atoms with van der Waals surface area (Å²) in [6.07, 6.45) is 1.93. The zero-order valence-corrected chi connectivity index (χ0v) is 18.9. The molecule has 0 saturated heterocycles. The summed E-state index contributed by atoms with van der Waals surface area (Å²) in [5.41, 5.74) is 3.68. The highest BCUT2D eigenvalue weighted by Gasteiger charge is 2.13. The van der Waals surface area contributed by atoms with E-state index in [1.54, 1.807) is 11.3 Å². The minimum Gasteiger partial charge on any atom is -0.357 e. The Labute approximate surface area is 172 Å². The molecule has 2 aromatic heterocycles. The molecule has 0 aromatic carbocycles. The molecule has 0 saturated carbocycles. The number of thiophene rings is 1. The standard InChI is InChI=1S/C18H29N5S.HI/c1-6-19-18(20-10-9-16-8-7-11-24-16)21-13(2)12-17-14(3)22-23(5)15(17)4;/h7-8,11,13H,6,9-10,12H2,1-5H3,(H2,19,20,21);1H. The predicted molar refractivity (Wildman–Crippen MR) is 118 cm³/mol. The van der Waals surface area contributed by atoms with Crippen LogP contribution in [0.15, 0.2) is 22.5 Å². The summed E-state index contributed by atoms with van der Waals surface area (Å²) in [4.78, 5) is 6.08. The van der Waals surface area contributed by atoms with E-state index < -0.39 is 0 Å². The molecule has 2 heterocycles. The van der Waals surface area contributed by atoms with Gasteiger partial charge in [0.25, 0.3) is 0 Å². The fourth-order valence-corrected chi connectivity index (χ4v) is 3.45. The molecule has 0 bridgehead atoms. The lowest BCUT2D eigenvalue weighted by Crippen LogP contribution is -2.43. The maximum Gasteiger partial charge on any atom is 0.191 e. The molecule has 7 heteroatoms. The molecule has 0 aliphatic rings. The van der Waals surface area contributed by atoms with Crippen molar-refractivity contribution < 1.29 is 0 Å². The number of aryl methyl sites for hydroxylation is 2. The highest BCUT2D eigenvalue weighted by molar-refractivity contribution is 14.0. The molecule has 5 nitrogen and oxygen atoms in total. The van der Waals surface area contributed by atoms with E-state index in [1.165, 1.54) is 16.1 Å². The zero-order chi connectivity index (χ0) is 17.5. The molecule has 25 heavy (non-hydrogen) atoms. The lowest BCUT2D eigenvalue weighted by atomic mass is 10.1. The van der Waals surface area contributed by atoms with Crippen molar-refractivity contribution in [2.75, 3.05) is 13.1 Å². The van der Waals surface area contributed by atoms with E-state index in [0.29, 0.717) is 6.04 Å². The van der Waals surface area contributed by atoms with E-state index in [0.717, 1.165) is 37.6 Å². The second-order valence-electron chi connectivity index (χ2n) is 6.11. The van der Waals surface area contributed by atoms with Gasteiger partial charge in [0.05, 0.1) is 5.69 Å². The predicted octanol–water partition coefficient (Wildman–Crippen LogP) is 3.45. The normalized spacial score (nSPS) is 12.6. The lowest BCUT2D eigenvalue weighted by Gasteiger charge is -2.18. The number of rotatable bonds is 7. The number of halogens is 1. The maximum atomic E-state index is 4.70. The first-order valence-electron chi connectivity index (χ1n) is 8.57. The van der Waals surface area contributed by atoms with E-state index in [2.05, 4.69) is 60.9 Å². The smallest absolute Gasteiger partial charge is 0.191 e. The Balaban J connectivity index is 0.00000312. The Hall–Kier alpha value is -1.09. The van der Waals surface area contributed by atoms with Crippen molar-refractivity contribution in [1.82, 2.24) is 20.4 Å². The van der Waals surface area contributed by atoms with Crippen LogP contribution in [-0.4, -0.2) is 34.9 Å². The first-order valence-corrected chi connectivity index (χ1v) is 9.45. The van der Waals surface area contributed by atoms with Crippen LogP contribution in [-0.2, 0) is 19.9 Å². The summed E-state index contributed by atoms with van der Waals surface area (Å²) >= 11 is 1.79. The first kappa shape index (κ1) is 22.0. The third-order valence-electron chi connectivity index (χ3n) is 4.10. The second-order valence-corrected chi connectivity index (χ2v) is 7.14. The molecule has 140 valence electrons. The monoisotopic (exact) mass is 475 g/mol. The largest absolute Gasteiger partial charge is 0.357 e. The number of aliphatic imine (C=N–C) groups is 1. The number of aromatic nitrogens is 2. The molecule has 1 unspecified atom stereocenters. The molecule has 2 aromatic rings. The molecule has 0 spiro atoms. The van der Waals surface area contributed by atoms with Crippen LogP contribution in [0.3, 0.4) is 0 Å². The molecule has 1 atom stereocenters. The quantitative estimate of drug-likeness (QED) is 0.367. The van der Waals surface area contributed by atoms with E-state index in [1.807, 2.05) is 11.7 Å². The van der Waals surface area contributed by atoms with Gasteiger partial charge in [-0.25, -0.2) is 0 Å². The van der Waals surface area contributed by atoms with Gasteiger partial charge < -0.3 is 10.6 Å². The molecular weight excluding hydrogens is 445 g/mol. The summed E-state index contributed by atoms with van der Waals surface area (Å²) in [6, 6.07) is 4.55. The third-order valence-corrected chi connectivity index (χ3v) is 5.04. The highest BCUT2D eigenvalue weighted by Crippen LogP contribution is 2.14. The highest BCUT2D eigenvalue weighted by atomic mass is 127. The molecule has 0 fully saturated rings. The second kappa shape index (κ2) is 10.8. The van der Waals surface area contributed by atoms with Crippen molar-refractivity contribution in [1.29, 1.82) is 0 Å². The van der Waals surface area contributed by atoms with Crippen molar-refractivity contribution in [2.45, 2.75) is 46.6 Å². The van der Waals surface area contributed by atoms with Gasteiger partial charge in [-0.15, -0.1) is 35.3 Å². The SMILES string of the molecule is CCNC(=NCCc1cccs1)NC(C)Cc1c(C)nn(C)c1C.I. The maximum absolute atomic E-state index is 4.70. The van der Waals surface area contributed by atoms with Crippen LogP contribution in [0.5, 0.6) is 0 Å². The average molecular weight is 475 g/mol. The van der Waals surface area contributed by atoms with Crippen LogP contribution >= 0.6 is 35.3 Å². The number of hydrogen-bond donors (Lipinski definition) is 2. The number of nitrogens with zero attached hydrogens (tertiary/aromatic N) is 3. The minimum atomic E-state index is 0. The minimum absolute atomic E-state index is 0. The number of nitrogens with one attached hydrogen (secondary N) is 2. The van der Waals surface area contributed by atoms with E-state index in [4.69, 9.17) is 4.99 Å². The summed E-state index contributed by atoms with van der Waals surface area (Å²) in [6.45, 7) is 10.2. The third kappa shape index (κ3) is 6.62. The van der Waals surface area contributed by atoms with E-state index in [-0.39, 0.29) is 24.0 Å². The van der Waals surface area contributed by atoms with Crippen LogP contribution in [0.25, 0.3) is 0 Å². The topological polar surface area (TPSA) is 54.2 Å².